The molecular formula is C19H15FN2O2S. The highest BCUT2D eigenvalue weighted by atomic mass is 32.1. The number of nitrogens with zero attached hydrogens (tertiary/aromatic N) is 2. The van der Waals surface area contributed by atoms with Crippen LogP contribution in [0.5, 0.6) is 0 Å². The fourth-order valence-electron chi connectivity index (χ4n) is 2.93. The largest absolute Gasteiger partial charge is 0.464 e. The van der Waals surface area contributed by atoms with Crippen LogP contribution in [0, 0.1) is 6.92 Å². The van der Waals surface area contributed by atoms with Gasteiger partial charge in [-0.2, -0.15) is 0 Å². The lowest BCUT2D eigenvalue weighted by Crippen LogP contribution is -2.24. The highest BCUT2D eigenvalue weighted by Gasteiger charge is 2.19. The zero-order valence-corrected chi connectivity index (χ0v) is 14.3. The zero-order chi connectivity index (χ0) is 17.4. The van der Waals surface area contributed by atoms with E-state index in [0.29, 0.717) is 27.4 Å². The second-order valence-electron chi connectivity index (χ2n) is 5.76. The van der Waals surface area contributed by atoms with Gasteiger partial charge in [-0.15, -0.1) is 11.3 Å². The van der Waals surface area contributed by atoms with Gasteiger partial charge >= 0.3 is 0 Å². The van der Waals surface area contributed by atoms with Gasteiger partial charge in [0.05, 0.1) is 18.2 Å². The van der Waals surface area contributed by atoms with Crippen LogP contribution >= 0.6 is 11.3 Å². The summed E-state index contributed by atoms with van der Waals surface area (Å²) >= 11 is 1.39. The number of furan rings is 1. The second-order valence-corrected chi connectivity index (χ2v) is 6.62. The van der Waals surface area contributed by atoms with Crippen molar-refractivity contribution in [3.63, 3.8) is 0 Å². The van der Waals surface area contributed by atoms with Crippen molar-refractivity contribution in [1.29, 1.82) is 0 Å². The van der Waals surface area contributed by atoms with E-state index in [1.165, 1.54) is 15.9 Å². The van der Waals surface area contributed by atoms with Crippen LogP contribution in [0.2, 0.25) is 0 Å². The summed E-state index contributed by atoms with van der Waals surface area (Å²) in [5, 5.41) is 2.34. The lowest BCUT2D eigenvalue weighted by Gasteiger charge is -2.12. The molecule has 126 valence electrons. The molecule has 25 heavy (non-hydrogen) atoms. The molecule has 0 aliphatic rings. The molecule has 0 aliphatic heterocycles. The Kier molecular flexibility index (Phi) is 3.97. The first kappa shape index (κ1) is 15.8. The van der Waals surface area contributed by atoms with Gasteiger partial charge in [-0.25, -0.2) is 9.37 Å². The van der Waals surface area contributed by atoms with E-state index < -0.39 is 6.67 Å². The van der Waals surface area contributed by atoms with Crippen molar-refractivity contribution in [2.45, 2.75) is 13.5 Å². The molecule has 0 aliphatic carbocycles. The summed E-state index contributed by atoms with van der Waals surface area (Å²) in [5.41, 5.74) is 2.32. The van der Waals surface area contributed by atoms with E-state index in [2.05, 4.69) is 4.98 Å². The van der Waals surface area contributed by atoms with Crippen molar-refractivity contribution < 1.29 is 8.81 Å². The van der Waals surface area contributed by atoms with E-state index in [0.717, 1.165) is 11.1 Å². The Morgan fingerprint density at radius 1 is 1.28 bits per heavy atom. The first-order valence-electron chi connectivity index (χ1n) is 7.88. The summed E-state index contributed by atoms with van der Waals surface area (Å²) in [7, 11) is 0. The minimum Gasteiger partial charge on any atom is -0.464 e. The van der Waals surface area contributed by atoms with Gasteiger partial charge in [0.15, 0.2) is 0 Å². The second kappa shape index (κ2) is 6.29. The summed E-state index contributed by atoms with van der Waals surface area (Å²) in [5.74, 6) is 1.10. The van der Waals surface area contributed by atoms with Crippen molar-refractivity contribution in [3.05, 3.63) is 64.0 Å². The number of rotatable bonds is 4. The number of alkyl halides is 1. The van der Waals surface area contributed by atoms with Gasteiger partial charge in [0.2, 0.25) is 0 Å². The van der Waals surface area contributed by atoms with Gasteiger partial charge in [-0.3, -0.25) is 9.36 Å². The van der Waals surface area contributed by atoms with Crippen LogP contribution < -0.4 is 5.56 Å². The van der Waals surface area contributed by atoms with Crippen molar-refractivity contribution in [3.8, 4) is 22.7 Å². The number of thiophene rings is 1. The normalized spacial score (nSPS) is 11.3. The van der Waals surface area contributed by atoms with Crippen molar-refractivity contribution >= 4 is 21.6 Å². The van der Waals surface area contributed by atoms with Crippen LogP contribution in [0.15, 0.2) is 57.3 Å². The lowest BCUT2D eigenvalue weighted by atomic mass is 10.1. The molecule has 0 radical (unpaired) electrons. The number of benzene rings is 1. The summed E-state index contributed by atoms with van der Waals surface area (Å²) in [6.07, 6.45) is 1.56. The quantitative estimate of drug-likeness (QED) is 0.535. The Hall–Kier alpha value is -2.73. The summed E-state index contributed by atoms with van der Waals surface area (Å²) in [6, 6.07) is 11.3. The Morgan fingerprint density at radius 3 is 2.88 bits per heavy atom. The molecule has 4 rings (SSSR count). The van der Waals surface area contributed by atoms with Gasteiger partial charge in [0, 0.05) is 16.5 Å². The first-order valence-corrected chi connectivity index (χ1v) is 8.76. The van der Waals surface area contributed by atoms with Crippen molar-refractivity contribution in [2.75, 3.05) is 6.67 Å². The number of halogens is 1. The number of aryl methyl sites for hydroxylation is 1. The molecule has 0 fully saturated rings. The molecule has 0 N–H and O–H groups in total. The van der Waals surface area contributed by atoms with E-state index in [1.807, 2.05) is 36.6 Å². The standard InChI is InChI=1S/C19H15FN2O2S/c1-12-4-2-5-13(10-12)17-21-18-16(19(23)22(17)8-7-20)14(11-25-18)15-6-3-9-24-15/h2-6,9-11H,7-8H2,1H3. The number of aromatic nitrogens is 2. The molecule has 0 saturated heterocycles. The van der Waals surface area contributed by atoms with Gasteiger partial charge in [0.25, 0.3) is 5.56 Å². The fraction of sp³-hybridized carbons (Fsp3) is 0.158. The van der Waals surface area contributed by atoms with E-state index in [4.69, 9.17) is 4.42 Å². The molecule has 0 unspecified atom stereocenters. The topological polar surface area (TPSA) is 48.0 Å². The lowest BCUT2D eigenvalue weighted by molar-refractivity contribution is 0.441. The van der Waals surface area contributed by atoms with Crippen LogP contribution in [0.3, 0.4) is 0 Å². The molecule has 6 heteroatoms. The predicted octanol–water partition coefficient (Wildman–Crippen LogP) is 4.66. The van der Waals surface area contributed by atoms with E-state index in [-0.39, 0.29) is 12.1 Å². The van der Waals surface area contributed by atoms with Crippen LogP contribution in [-0.4, -0.2) is 16.2 Å². The average molecular weight is 354 g/mol. The number of hydrogen-bond donors (Lipinski definition) is 0. The van der Waals surface area contributed by atoms with E-state index in [9.17, 15) is 9.18 Å². The van der Waals surface area contributed by atoms with Crippen LogP contribution in [-0.2, 0) is 6.54 Å². The summed E-state index contributed by atoms with van der Waals surface area (Å²) in [4.78, 5) is 18.4. The number of hydrogen-bond acceptors (Lipinski definition) is 4. The molecule has 0 spiro atoms. The smallest absolute Gasteiger partial charge is 0.263 e. The van der Waals surface area contributed by atoms with Crippen molar-refractivity contribution in [2.24, 2.45) is 0 Å². The van der Waals surface area contributed by atoms with Gasteiger partial charge < -0.3 is 4.42 Å². The zero-order valence-electron chi connectivity index (χ0n) is 13.5. The third kappa shape index (κ3) is 2.68. The third-order valence-electron chi connectivity index (χ3n) is 4.06. The van der Waals surface area contributed by atoms with Gasteiger partial charge in [-0.1, -0.05) is 23.8 Å². The predicted molar refractivity (Wildman–Crippen MR) is 97.7 cm³/mol. The van der Waals surface area contributed by atoms with Gasteiger partial charge in [-0.05, 0) is 25.1 Å². The maximum Gasteiger partial charge on any atom is 0.263 e. The molecule has 3 aromatic heterocycles. The molecule has 0 amide bonds. The fourth-order valence-corrected chi connectivity index (χ4v) is 3.85. The Bertz CT molecular complexity index is 1100. The molecular weight excluding hydrogens is 339 g/mol. The first-order chi connectivity index (χ1) is 12.2. The monoisotopic (exact) mass is 354 g/mol. The highest BCUT2D eigenvalue weighted by molar-refractivity contribution is 7.17. The van der Waals surface area contributed by atoms with E-state index >= 15 is 0 Å². The summed E-state index contributed by atoms with van der Waals surface area (Å²) in [6.45, 7) is 1.31. The van der Waals surface area contributed by atoms with Crippen LogP contribution in [0.25, 0.3) is 32.9 Å². The van der Waals surface area contributed by atoms with E-state index in [1.54, 1.807) is 18.4 Å². The summed E-state index contributed by atoms with van der Waals surface area (Å²) < 4.78 is 20.0. The highest BCUT2D eigenvalue weighted by Crippen LogP contribution is 2.32. The van der Waals surface area contributed by atoms with Crippen LogP contribution in [0.1, 0.15) is 5.56 Å². The van der Waals surface area contributed by atoms with Gasteiger partial charge in [0.1, 0.15) is 23.1 Å². The minimum absolute atomic E-state index is 0.0293. The molecule has 1 aromatic carbocycles. The molecule has 3 heterocycles. The SMILES string of the molecule is Cc1cccc(-c2nc3scc(-c4ccco4)c3c(=O)n2CCF)c1. The minimum atomic E-state index is -0.633. The molecule has 0 bridgehead atoms. The molecule has 4 nitrogen and oxygen atoms in total. The maximum atomic E-state index is 13.1. The molecule has 4 aromatic rings. The average Bonchev–Trinajstić information content (AvgIpc) is 3.26. The Morgan fingerprint density at radius 2 is 2.16 bits per heavy atom. The molecule has 0 atom stereocenters. The Labute approximate surface area is 147 Å². The van der Waals surface area contributed by atoms with Crippen molar-refractivity contribution in [1.82, 2.24) is 9.55 Å². The van der Waals surface area contributed by atoms with Crippen LogP contribution in [0.4, 0.5) is 4.39 Å². The third-order valence-corrected chi connectivity index (χ3v) is 4.94. The molecule has 0 saturated carbocycles. The maximum absolute atomic E-state index is 13.1. The number of fused-ring (bicyclic) bond motifs is 1. The Balaban J connectivity index is 2.02.